The van der Waals surface area contributed by atoms with Crippen molar-refractivity contribution in [3.63, 3.8) is 0 Å². The monoisotopic (exact) mass is 361 g/mol. The van der Waals surface area contributed by atoms with Crippen LogP contribution in [0.15, 0.2) is 24.3 Å². The van der Waals surface area contributed by atoms with Crippen molar-refractivity contribution in [2.75, 3.05) is 19.0 Å². The Labute approximate surface area is 141 Å². The number of nitrogens with two attached hydrogens (primary N) is 1. The molecule has 1 aliphatic carbocycles. The molecule has 2 rings (SSSR count). The molecule has 1 saturated carbocycles. The van der Waals surface area contributed by atoms with Crippen molar-refractivity contribution in [2.24, 2.45) is 11.1 Å². The van der Waals surface area contributed by atoms with Crippen LogP contribution in [0.4, 0.5) is 0 Å². The van der Waals surface area contributed by atoms with Gasteiger partial charge in [-0.1, -0.05) is 42.9 Å². The van der Waals surface area contributed by atoms with Gasteiger partial charge in [-0.05, 0) is 24.6 Å². The Balaban J connectivity index is 2.48. The number of hydrogen-bond donors (Lipinski definition) is 1. The molecule has 2 N–H and O–H groups in total. The van der Waals surface area contributed by atoms with Crippen molar-refractivity contribution in [1.82, 2.24) is 0 Å². The Morgan fingerprint density at radius 3 is 2.41 bits per heavy atom. The molecule has 4 nitrogen and oxygen atoms in total. The maximum absolute atomic E-state index is 12.5. The molecular formula is C15H20ClNO3S2. The molecule has 1 aliphatic rings. The van der Waals surface area contributed by atoms with E-state index in [1.54, 1.807) is 19.1 Å². The van der Waals surface area contributed by atoms with Crippen LogP contribution in [-0.2, 0) is 14.6 Å². The first-order valence-corrected chi connectivity index (χ1v) is 9.66. The third-order valence-corrected chi connectivity index (χ3v) is 7.18. The fourth-order valence-electron chi connectivity index (χ4n) is 3.06. The molecule has 0 spiro atoms. The van der Waals surface area contributed by atoms with Crippen molar-refractivity contribution < 1.29 is 13.2 Å². The molecule has 0 saturated heterocycles. The van der Waals surface area contributed by atoms with Gasteiger partial charge >= 0.3 is 0 Å². The lowest BCUT2D eigenvalue weighted by Gasteiger charge is -2.16. The topological polar surface area (TPSA) is 69.4 Å². The van der Waals surface area contributed by atoms with Crippen LogP contribution >= 0.6 is 23.8 Å². The summed E-state index contributed by atoms with van der Waals surface area (Å²) in [7, 11) is -3.30. The summed E-state index contributed by atoms with van der Waals surface area (Å²) in [5.41, 5.74) is 5.98. The van der Waals surface area contributed by atoms with Crippen LogP contribution in [0.25, 0.3) is 0 Å². The molecule has 0 bridgehead atoms. The SMILES string of the molecule is CCOC[C@]1(C(N)=S)[C@@H](c2ccc(Cl)cc2)[C@@H]1S(=O)(=O)CC. The van der Waals surface area contributed by atoms with Crippen molar-refractivity contribution in [1.29, 1.82) is 0 Å². The van der Waals surface area contributed by atoms with Gasteiger partial charge in [0, 0.05) is 23.3 Å². The number of halogens is 1. The molecular weight excluding hydrogens is 342 g/mol. The van der Waals surface area contributed by atoms with E-state index in [-0.39, 0.29) is 23.3 Å². The maximum atomic E-state index is 12.5. The molecule has 3 atom stereocenters. The predicted octanol–water partition coefficient (Wildman–Crippen LogP) is 2.55. The minimum Gasteiger partial charge on any atom is -0.393 e. The Kier molecular flexibility index (Phi) is 5.16. The summed E-state index contributed by atoms with van der Waals surface area (Å²) in [6.45, 7) is 4.19. The number of thiocarbonyl (C=S) groups is 1. The van der Waals surface area contributed by atoms with Gasteiger partial charge in [0.1, 0.15) is 0 Å². The van der Waals surface area contributed by atoms with Crippen molar-refractivity contribution in [3.05, 3.63) is 34.9 Å². The van der Waals surface area contributed by atoms with Crippen LogP contribution in [0.5, 0.6) is 0 Å². The van der Waals surface area contributed by atoms with Crippen molar-refractivity contribution >= 4 is 38.6 Å². The molecule has 0 amide bonds. The van der Waals surface area contributed by atoms with Gasteiger partial charge in [-0.2, -0.15) is 0 Å². The third-order valence-electron chi connectivity index (χ3n) is 4.28. The summed E-state index contributed by atoms with van der Waals surface area (Å²) < 4.78 is 30.5. The van der Waals surface area contributed by atoms with Crippen molar-refractivity contribution in [3.8, 4) is 0 Å². The third kappa shape index (κ3) is 2.89. The van der Waals surface area contributed by atoms with Gasteiger partial charge in [-0.25, -0.2) is 8.42 Å². The highest BCUT2D eigenvalue weighted by Gasteiger charge is 2.72. The summed E-state index contributed by atoms with van der Waals surface area (Å²) in [6.07, 6.45) is 0. The predicted molar refractivity (Wildman–Crippen MR) is 93.2 cm³/mol. The summed E-state index contributed by atoms with van der Waals surface area (Å²) in [5, 5.41) is -0.0275. The number of hydrogen-bond acceptors (Lipinski definition) is 4. The largest absolute Gasteiger partial charge is 0.393 e. The zero-order chi connectivity index (χ0) is 16.5. The summed E-state index contributed by atoms with van der Waals surface area (Å²) in [6, 6.07) is 7.15. The van der Waals surface area contributed by atoms with Gasteiger partial charge in [0.2, 0.25) is 0 Å². The van der Waals surface area contributed by atoms with Crippen LogP contribution in [0, 0.1) is 5.41 Å². The summed E-state index contributed by atoms with van der Waals surface area (Å²) in [4.78, 5) is 0.197. The Morgan fingerprint density at radius 1 is 1.36 bits per heavy atom. The second-order valence-electron chi connectivity index (χ2n) is 5.44. The number of sulfone groups is 1. The zero-order valence-electron chi connectivity index (χ0n) is 12.6. The molecule has 1 fully saturated rings. The molecule has 22 heavy (non-hydrogen) atoms. The first kappa shape index (κ1) is 17.7. The molecule has 0 aromatic heterocycles. The molecule has 1 aromatic rings. The lowest BCUT2D eigenvalue weighted by Crippen LogP contribution is -2.34. The van der Waals surface area contributed by atoms with E-state index in [4.69, 9.17) is 34.3 Å². The van der Waals surface area contributed by atoms with Crippen LogP contribution in [0.2, 0.25) is 5.02 Å². The number of ether oxygens (including phenoxy) is 1. The average Bonchev–Trinajstić information content (AvgIpc) is 3.17. The van der Waals surface area contributed by atoms with Gasteiger partial charge in [-0.3, -0.25) is 0 Å². The van der Waals surface area contributed by atoms with Crippen LogP contribution in [0.3, 0.4) is 0 Å². The molecule has 7 heteroatoms. The van der Waals surface area contributed by atoms with Gasteiger partial charge in [0.05, 0.1) is 22.3 Å². The highest BCUT2D eigenvalue weighted by molar-refractivity contribution is 7.92. The quantitative estimate of drug-likeness (QED) is 0.756. The zero-order valence-corrected chi connectivity index (χ0v) is 15.0. The first-order valence-electron chi connectivity index (χ1n) is 7.16. The lowest BCUT2D eigenvalue weighted by atomic mass is 10.00. The molecule has 0 heterocycles. The summed E-state index contributed by atoms with van der Waals surface area (Å²) >= 11 is 11.1. The molecule has 1 aromatic carbocycles. The minimum atomic E-state index is -3.30. The van der Waals surface area contributed by atoms with E-state index >= 15 is 0 Å². The average molecular weight is 362 g/mol. The van der Waals surface area contributed by atoms with E-state index in [2.05, 4.69) is 0 Å². The highest BCUT2D eigenvalue weighted by Crippen LogP contribution is 2.63. The van der Waals surface area contributed by atoms with Gasteiger partial charge < -0.3 is 10.5 Å². The second-order valence-corrected chi connectivity index (χ2v) is 8.73. The number of rotatable bonds is 7. The molecule has 122 valence electrons. The van der Waals surface area contributed by atoms with E-state index in [9.17, 15) is 8.42 Å². The van der Waals surface area contributed by atoms with Crippen LogP contribution in [0.1, 0.15) is 25.3 Å². The first-order chi connectivity index (χ1) is 10.3. The molecule has 0 radical (unpaired) electrons. The van der Waals surface area contributed by atoms with E-state index in [1.165, 1.54) is 0 Å². The van der Waals surface area contributed by atoms with E-state index in [0.29, 0.717) is 11.6 Å². The van der Waals surface area contributed by atoms with E-state index < -0.39 is 20.5 Å². The second kappa shape index (κ2) is 6.43. The Morgan fingerprint density at radius 2 is 1.95 bits per heavy atom. The maximum Gasteiger partial charge on any atom is 0.154 e. The van der Waals surface area contributed by atoms with E-state index in [0.717, 1.165) is 5.56 Å². The normalized spacial score (nSPS) is 27.6. The fraction of sp³-hybridized carbons (Fsp3) is 0.533. The van der Waals surface area contributed by atoms with Crippen molar-refractivity contribution in [2.45, 2.75) is 25.0 Å². The lowest BCUT2D eigenvalue weighted by molar-refractivity contribution is 0.121. The van der Waals surface area contributed by atoms with Gasteiger partial charge in [-0.15, -0.1) is 0 Å². The molecule has 0 aliphatic heterocycles. The smallest absolute Gasteiger partial charge is 0.154 e. The minimum absolute atomic E-state index is 0.0538. The Hall–Kier alpha value is -0.690. The highest BCUT2D eigenvalue weighted by atomic mass is 35.5. The number of benzene rings is 1. The van der Waals surface area contributed by atoms with Gasteiger partial charge in [0.15, 0.2) is 9.84 Å². The van der Waals surface area contributed by atoms with Gasteiger partial charge in [0.25, 0.3) is 0 Å². The standard InChI is InChI=1S/C15H20ClNO3S2/c1-3-20-9-15(14(17)21)12(13(15)22(18,19)4-2)10-5-7-11(16)8-6-10/h5-8,12-13H,3-4,9H2,1-2H3,(H2,17,21)/t12-,13-,15-/m0/s1. The van der Waals surface area contributed by atoms with Crippen LogP contribution < -0.4 is 5.73 Å². The summed E-state index contributed by atoms with van der Waals surface area (Å²) in [5.74, 6) is -0.225. The molecule has 0 unspecified atom stereocenters. The van der Waals surface area contributed by atoms with Crippen LogP contribution in [-0.4, -0.2) is 37.6 Å². The Bertz CT molecular complexity index is 660. The van der Waals surface area contributed by atoms with E-state index in [1.807, 2.05) is 19.1 Å². The fourth-order valence-corrected chi connectivity index (χ4v) is 5.65.